The van der Waals surface area contributed by atoms with Crippen molar-refractivity contribution >= 4 is 11.9 Å². The highest BCUT2D eigenvalue weighted by Gasteiger charge is 2.18. The molecule has 1 aromatic carbocycles. The van der Waals surface area contributed by atoms with Crippen LogP contribution in [0.3, 0.4) is 0 Å². The summed E-state index contributed by atoms with van der Waals surface area (Å²) in [6.07, 6.45) is 0. The zero-order valence-electron chi connectivity index (χ0n) is 13.5. The van der Waals surface area contributed by atoms with Crippen LogP contribution in [0.15, 0.2) is 47.3 Å². The number of esters is 1. The molecule has 1 aromatic heterocycles. The number of pyridine rings is 1. The minimum Gasteiger partial charge on any atom is -0.479 e. The predicted octanol–water partition coefficient (Wildman–Crippen LogP) is 1.12. The maximum absolute atomic E-state index is 12.4. The number of hydrogen-bond acceptors (Lipinski definition) is 6. The lowest BCUT2D eigenvalue weighted by Gasteiger charge is -2.14. The molecule has 0 atom stereocenters. The van der Waals surface area contributed by atoms with E-state index in [9.17, 15) is 14.4 Å². The lowest BCUT2D eigenvalue weighted by Crippen LogP contribution is -2.33. The van der Waals surface area contributed by atoms with Crippen molar-refractivity contribution in [3.05, 3.63) is 64.1 Å². The van der Waals surface area contributed by atoms with Gasteiger partial charge in [0.1, 0.15) is 6.61 Å². The molecule has 0 aliphatic carbocycles. The third-order valence-electron chi connectivity index (χ3n) is 3.05. The van der Waals surface area contributed by atoms with Crippen molar-refractivity contribution in [2.24, 2.45) is 0 Å². The van der Waals surface area contributed by atoms with Gasteiger partial charge in [0, 0.05) is 0 Å². The van der Waals surface area contributed by atoms with E-state index in [4.69, 9.17) is 19.4 Å². The maximum atomic E-state index is 12.4. The molecular formula is C17H17NO7. The molecule has 0 spiro atoms. The summed E-state index contributed by atoms with van der Waals surface area (Å²) in [5, 5.41) is 8.66. The zero-order valence-corrected chi connectivity index (χ0v) is 13.5. The van der Waals surface area contributed by atoms with Gasteiger partial charge in [-0.1, -0.05) is 30.3 Å². The Bertz CT molecular complexity index is 798. The molecule has 0 saturated carbocycles. The van der Waals surface area contributed by atoms with Crippen molar-refractivity contribution in [2.75, 3.05) is 13.2 Å². The third-order valence-corrected chi connectivity index (χ3v) is 3.05. The summed E-state index contributed by atoms with van der Waals surface area (Å²) in [6, 6.07) is 11.5. The molecule has 8 heteroatoms. The first-order chi connectivity index (χ1) is 12.0. The van der Waals surface area contributed by atoms with Crippen LogP contribution in [-0.4, -0.2) is 35.0 Å². The summed E-state index contributed by atoms with van der Waals surface area (Å²) in [5.74, 6) is -2.22. The zero-order chi connectivity index (χ0) is 18.2. The van der Waals surface area contributed by atoms with Gasteiger partial charge in [-0.25, -0.2) is 9.59 Å². The monoisotopic (exact) mass is 347 g/mol. The molecule has 0 amide bonds. The van der Waals surface area contributed by atoms with Crippen LogP contribution < -0.4 is 15.1 Å². The Labute approximate surface area is 143 Å². The summed E-state index contributed by atoms with van der Waals surface area (Å²) in [7, 11) is 0. The SMILES string of the molecule is CCOC(=O)c1ccc(OCC(=O)O)c(=O)n1OCc1ccccc1. The number of carboxylic acids is 1. The Balaban J connectivity index is 2.33. The van der Waals surface area contributed by atoms with Gasteiger partial charge in [-0.3, -0.25) is 4.79 Å². The van der Waals surface area contributed by atoms with Gasteiger partial charge in [0.25, 0.3) is 0 Å². The van der Waals surface area contributed by atoms with E-state index in [0.717, 1.165) is 10.3 Å². The van der Waals surface area contributed by atoms with Gasteiger partial charge in [-0.2, -0.15) is 0 Å². The topological polar surface area (TPSA) is 104 Å². The number of hydrogen-bond donors (Lipinski definition) is 1. The molecule has 0 bridgehead atoms. The van der Waals surface area contributed by atoms with Gasteiger partial charge >= 0.3 is 17.5 Å². The number of carbonyl (C=O) groups excluding carboxylic acids is 1. The molecule has 0 fully saturated rings. The quantitative estimate of drug-likeness (QED) is 0.714. The molecule has 8 nitrogen and oxygen atoms in total. The predicted molar refractivity (Wildman–Crippen MR) is 86.5 cm³/mol. The lowest BCUT2D eigenvalue weighted by atomic mass is 10.2. The third kappa shape index (κ3) is 4.84. The van der Waals surface area contributed by atoms with Crippen molar-refractivity contribution in [1.29, 1.82) is 0 Å². The highest BCUT2D eigenvalue weighted by Crippen LogP contribution is 2.08. The van der Waals surface area contributed by atoms with E-state index >= 15 is 0 Å². The van der Waals surface area contributed by atoms with Gasteiger partial charge in [0.05, 0.1) is 6.61 Å². The molecule has 0 aliphatic heterocycles. The number of carbonyl (C=O) groups is 2. The molecule has 132 valence electrons. The number of aromatic nitrogens is 1. The van der Waals surface area contributed by atoms with Crippen LogP contribution in [0.5, 0.6) is 5.75 Å². The van der Waals surface area contributed by atoms with Gasteiger partial charge in [0.15, 0.2) is 18.1 Å². The number of carboxylic acid groups (broad SMARTS) is 1. The summed E-state index contributed by atoms with van der Waals surface area (Å²) < 4.78 is 10.6. The van der Waals surface area contributed by atoms with Crippen molar-refractivity contribution in [3.63, 3.8) is 0 Å². The molecule has 0 radical (unpaired) electrons. The second-order valence-electron chi connectivity index (χ2n) is 4.84. The second kappa shape index (κ2) is 8.53. The van der Waals surface area contributed by atoms with Crippen molar-refractivity contribution in [3.8, 4) is 5.75 Å². The molecule has 0 unspecified atom stereocenters. The molecule has 1 N–H and O–H groups in total. The van der Waals surface area contributed by atoms with E-state index in [1.54, 1.807) is 31.2 Å². The fourth-order valence-corrected chi connectivity index (χ4v) is 1.95. The van der Waals surface area contributed by atoms with Crippen LogP contribution in [0, 0.1) is 0 Å². The first-order valence-corrected chi connectivity index (χ1v) is 7.48. The van der Waals surface area contributed by atoms with Crippen LogP contribution in [-0.2, 0) is 16.1 Å². The Kier molecular flexibility index (Phi) is 6.16. The standard InChI is InChI=1S/C17H17NO7/c1-2-23-17(22)13-8-9-14(24-11-15(19)20)16(21)18(13)25-10-12-6-4-3-5-7-12/h3-9H,2,10-11H2,1H3,(H,19,20). The fourth-order valence-electron chi connectivity index (χ4n) is 1.95. The number of rotatable bonds is 8. The first-order valence-electron chi connectivity index (χ1n) is 7.48. The molecule has 1 heterocycles. The number of nitrogens with zero attached hydrogens (tertiary/aromatic N) is 1. The van der Waals surface area contributed by atoms with E-state index in [1.165, 1.54) is 12.1 Å². The molecule has 25 heavy (non-hydrogen) atoms. The summed E-state index contributed by atoms with van der Waals surface area (Å²) in [4.78, 5) is 40.5. The van der Waals surface area contributed by atoms with Crippen LogP contribution >= 0.6 is 0 Å². The molecule has 0 aliphatic rings. The van der Waals surface area contributed by atoms with Crippen molar-refractivity contribution in [2.45, 2.75) is 13.5 Å². The van der Waals surface area contributed by atoms with E-state index in [0.29, 0.717) is 0 Å². The normalized spacial score (nSPS) is 10.1. The largest absolute Gasteiger partial charge is 0.479 e. The summed E-state index contributed by atoms with van der Waals surface area (Å²) in [6.45, 7) is 1.10. The van der Waals surface area contributed by atoms with Crippen molar-refractivity contribution < 1.29 is 29.0 Å². The van der Waals surface area contributed by atoms with Crippen LogP contribution in [0.4, 0.5) is 0 Å². The average Bonchev–Trinajstić information content (AvgIpc) is 2.60. The Morgan fingerprint density at radius 3 is 2.48 bits per heavy atom. The maximum Gasteiger partial charge on any atom is 0.358 e. The first kappa shape index (κ1) is 18.1. The Morgan fingerprint density at radius 2 is 1.84 bits per heavy atom. The van der Waals surface area contributed by atoms with E-state index in [2.05, 4.69) is 0 Å². The second-order valence-corrected chi connectivity index (χ2v) is 4.84. The number of benzene rings is 1. The summed E-state index contributed by atoms with van der Waals surface area (Å²) in [5.41, 5.74) is -0.130. The Hall–Kier alpha value is -3.29. The minimum absolute atomic E-state index is 0.0233. The lowest BCUT2D eigenvalue weighted by molar-refractivity contribution is -0.139. The van der Waals surface area contributed by atoms with Crippen molar-refractivity contribution in [1.82, 2.24) is 4.73 Å². The fraction of sp³-hybridized carbons (Fsp3) is 0.235. The van der Waals surface area contributed by atoms with E-state index in [1.807, 2.05) is 6.07 Å². The van der Waals surface area contributed by atoms with Crippen LogP contribution in [0.2, 0.25) is 0 Å². The highest BCUT2D eigenvalue weighted by molar-refractivity contribution is 5.87. The van der Waals surface area contributed by atoms with Crippen LogP contribution in [0.1, 0.15) is 23.0 Å². The highest BCUT2D eigenvalue weighted by atomic mass is 16.7. The molecule has 2 aromatic rings. The van der Waals surface area contributed by atoms with E-state index in [-0.39, 0.29) is 24.7 Å². The number of aliphatic carboxylic acids is 1. The van der Waals surface area contributed by atoms with Crippen LogP contribution in [0.25, 0.3) is 0 Å². The average molecular weight is 347 g/mol. The van der Waals surface area contributed by atoms with Gasteiger partial charge in [-0.05, 0) is 24.6 Å². The molecular weight excluding hydrogens is 330 g/mol. The summed E-state index contributed by atoms with van der Waals surface area (Å²) >= 11 is 0. The van der Waals surface area contributed by atoms with Gasteiger partial charge < -0.3 is 19.4 Å². The Morgan fingerprint density at radius 1 is 1.12 bits per heavy atom. The van der Waals surface area contributed by atoms with Gasteiger partial charge in [0.2, 0.25) is 0 Å². The number of ether oxygens (including phenoxy) is 2. The minimum atomic E-state index is -1.23. The smallest absolute Gasteiger partial charge is 0.358 e. The molecule has 0 saturated heterocycles. The van der Waals surface area contributed by atoms with Gasteiger partial charge in [-0.15, -0.1) is 4.73 Å². The molecule has 2 rings (SSSR count). The van der Waals surface area contributed by atoms with E-state index < -0.39 is 24.1 Å².